The average Bonchev–Trinajstić information content (AvgIpc) is 1.56. The highest BCUT2D eigenvalue weighted by molar-refractivity contribution is 5.81. The second-order valence-corrected chi connectivity index (χ2v) is 2.57. The van der Waals surface area contributed by atoms with Gasteiger partial charge in [0.25, 0.3) is 5.91 Å². The molecule has 0 unspecified atom stereocenters. The molecule has 0 aliphatic heterocycles. The molecule has 0 aliphatic carbocycles. The van der Waals surface area contributed by atoms with Gasteiger partial charge >= 0.3 is 0 Å². The van der Waals surface area contributed by atoms with Gasteiger partial charge in [-0.1, -0.05) is 0 Å². The van der Waals surface area contributed by atoms with E-state index in [2.05, 4.69) is 5.73 Å². The third-order valence-electron chi connectivity index (χ3n) is 0.976. The van der Waals surface area contributed by atoms with Crippen LogP contribution in [0.5, 0.6) is 0 Å². The lowest BCUT2D eigenvalue weighted by atomic mass is 10.1. The van der Waals surface area contributed by atoms with Crippen LogP contribution in [-0.4, -0.2) is 37.9 Å². The molecular formula is C5H11NO5. The Kier molecular flexibility index (Phi) is 2.57. The molecule has 0 rings (SSSR count). The third-order valence-corrected chi connectivity index (χ3v) is 0.976. The van der Waals surface area contributed by atoms with Crippen LogP contribution in [0.3, 0.4) is 0 Å². The highest BCUT2D eigenvalue weighted by Gasteiger charge is 2.37. The van der Waals surface area contributed by atoms with E-state index in [9.17, 15) is 4.79 Å². The van der Waals surface area contributed by atoms with E-state index < -0.39 is 23.9 Å². The van der Waals surface area contributed by atoms with Gasteiger partial charge in [0.2, 0.25) is 5.79 Å². The smallest absolute Gasteiger partial charge is 0.277 e. The number of amides is 1. The fraction of sp³-hybridized carbons (Fsp3) is 0.800. The van der Waals surface area contributed by atoms with Gasteiger partial charge in [-0.3, -0.25) is 4.79 Å². The van der Waals surface area contributed by atoms with Crippen molar-refractivity contribution in [3.8, 4) is 0 Å². The Morgan fingerprint density at radius 3 is 1.82 bits per heavy atom. The number of aliphatic hydroxyl groups is 4. The fourth-order valence-corrected chi connectivity index (χ4v) is 0.554. The minimum absolute atomic E-state index is 0.900. The molecule has 1 amide bonds. The van der Waals surface area contributed by atoms with Crippen molar-refractivity contribution in [1.82, 2.24) is 0 Å². The number of hydrogen-bond donors (Lipinski definition) is 5. The molecule has 0 atom stereocenters. The molecular weight excluding hydrogens is 154 g/mol. The Hall–Kier alpha value is -0.690. The van der Waals surface area contributed by atoms with Crippen molar-refractivity contribution in [3.63, 3.8) is 0 Å². The molecule has 11 heavy (non-hydrogen) atoms. The van der Waals surface area contributed by atoms with Gasteiger partial charge in [-0.05, 0) is 6.92 Å². The molecule has 0 heterocycles. The summed E-state index contributed by atoms with van der Waals surface area (Å²) in [6.45, 7) is 0.900. The molecule has 0 aromatic heterocycles. The quantitative estimate of drug-likeness (QED) is 0.290. The lowest BCUT2D eigenvalue weighted by molar-refractivity contribution is -0.239. The summed E-state index contributed by atoms with van der Waals surface area (Å²) < 4.78 is 0. The molecule has 6 N–H and O–H groups in total. The molecule has 6 heteroatoms. The Balaban J connectivity index is 4.25. The zero-order valence-corrected chi connectivity index (χ0v) is 5.98. The zero-order valence-electron chi connectivity index (χ0n) is 5.98. The molecule has 66 valence electrons. The summed E-state index contributed by atoms with van der Waals surface area (Å²) in [5, 5.41) is 34.6. The first-order valence-corrected chi connectivity index (χ1v) is 2.84. The Bertz CT molecular complexity index is 159. The van der Waals surface area contributed by atoms with E-state index in [1.165, 1.54) is 0 Å². The molecule has 0 saturated heterocycles. The number of carbonyl (C=O) groups is 1. The van der Waals surface area contributed by atoms with Crippen LogP contribution in [0, 0.1) is 0 Å². The van der Waals surface area contributed by atoms with Gasteiger partial charge in [0.1, 0.15) is 0 Å². The predicted octanol–water partition coefficient (Wildman–Crippen LogP) is -2.76. The van der Waals surface area contributed by atoms with Gasteiger partial charge in [-0.15, -0.1) is 0 Å². The number of nitrogens with two attached hydrogens (primary N) is 1. The molecule has 0 spiro atoms. The molecule has 0 radical (unpaired) electrons. The number of primary amides is 1. The highest BCUT2D eigenvalue weighted by atomic mass is 16.5. The van der Waals surface area contributed by atoms with E-state index >= 15 is 0 Å². The summed E-state index contributed by atoms with van der Waals surface area (Å²) in [4.78, 5) is 10.2. The predicted molar refractivity (Wildman–Crippen MR) is 33.8 cm³/mol. The van der Waals surface area contributed by atoms with Crippen LogP contribution in [0.4, 0.5) is 0 Å². The zero-order chi connectivity index (χ0) is 9.28. The van der Waals surface area contributed by atoms with E-state index in [0.717, 1.165) is 6.92 Å². The summed E-state index contributed by atoms with van der Waals surface area (Å²) in [5.74, 6) is -6.64. The van der Waals surface area contributed by atoms with Gasteiger partial charge in [0, 0.05) is 0 Å². The topological polar surface area (TPSA) is 124 Å². The van der Waals surface area contributed by atoms with Crippen molar-refractivity contribution < 1.29 is 25.2 Å². The fourth-order valence-electron chi connectivity index (χ4n) is 0.554. The van der Waals surface area contributed by atoms with Crippen LogP contribution >= 0.6 is 0 Å². The van der Waals surface area contributed by atoms with Crippen LogP contribution in [0.15, 0.2) is 0 Å². The lowest BCUT2D eigenvalue weighted by Gasteiger charge is -2.24. The van der Waals surface area contributed by atoms with Crippen molar-refractivity contribution in [2.24, 2.45) is 5.73 Å². The average molecular weight is 165 g/mol. The van der Waals surface area contributed by atoms with Crippen molar-refractivity contribution >= 4 is 5.91 Å². The molecule has 0 bridgehead atoms. The van der Waals surface area contributed by atoms with E-state index in [0.29, 0.717) is 0 Å². The van der Waals surface area contributed by atoms with E-state index in [4.69, 9.17) is 20.4 Å². The molecule has 0 aliphatic rings. The van der Waals surface area contributed by atoms with Crippen molar-refractivity contribution in [1.29, 1.82) is 0 Å². The molecule has 0 aromatic carbocycles. The molecule has 0 aromatic rings. The SMILES string of the molecule is CC(O)(O)CC(O)(O)C(N)=O. The number of rotatable bonds is 3. The van der Waals surface area contributed by atoms with Gasteiger partial charge in [0.05, 0.1) is 6.42 Å². The lowest BCUT2D eigenvalue weighted by Crippen LogP contribution is -2.49. The largest absolute Gasteiger partial charge is 0.366 e. The van der Waals surface area contributed by atoms with E-state index in [1.54, 1.807) is 0 Å². The standard InChI is InChI=1S/C5H11NO5/c1-4(8,9)2-5(10,11)3(6)7/h8-11H,2H2,1H3,(H2,6,7). The van der Waals surface area contributed by atoms with Gasteiger partial charge in [-0.25, -0.2) is 0 Å². The summed E-state index contributed by atoms with van der Waals surface area (Å²) in [6.07, 6.45) is -0.949. The third kappa shape index (κ3) is 3.89. The van der Waals surface area contributed by atoms with Crippen LogP contribution in [0.1, 0.15) is 13.3 Å². The van der Waals surface area contributed by atoms with Gasteiger partial charge in [-0.2, -0.15) is 0 Å². The first-order valence-electron chi connectivity index (χ1n) is 2.84. The summed E-state index contributed by atoms with van der Waals surface area (Å²) >= 11 is 0. The van der Waals surface area contributed by atoms with Crippen LogP contribution in [-0.2, 0) is 4.79 Å². The Labute approximate surface area is 62.9 Å². The summed E-state index contributed by atoms with van der Waals surface area (Å²) in [5.41, 5.74) is 4.52. The first-order chi connectivity index (χ1) is 4.65. The number of hydrogen-bond acceptors (Lipinski definition) is 5. The van der Waals surface area contributed by atoms with Crippen LogP contribution < -0.4 is 5.73 Å². The minimum Gasteiger partial charge on any atom is -0.366 e. The second kappa shape index (κ2) is 2.74. The maximum absolute atomic E-state index is 10.2. The normalized spacial score (nSPS) is 13.2. The van der Waals surface area contributed by atoms with E-state index in [1.807, 2.05) is 0 Å². The van der Waals surface area contributed by atoms with Crippen molar-refractivity contribution in [3.05, 3.63) is 0 Å². The molecule has 0 fully saturated rings. The molecule has 0 saturated carbocycles. The van der Waals surface area contributed by atoms with Crippen molar-refractivity contribution in [2.75, 3.05) is 0 Å². The van der Waals surface area contributed by atoms with Crippen molar-refractivity contribution in [2.45, 2.75) is 24.9 Å². The number of carbonyl (C=O) groups excluding carboxylic acids is 1. The first kappa shape index (κ1) is 10.3. The van der Waals surface area contributed by atoms with Gasteiger partial charge in [0.15, 0.2) is 5.79 Å². The summed E-state index contributed by atoms with van der Waals surface area (Å²) in [7, 11) is 0. The minimum atomic E-state index is -2.88. The summed E-state index contributed by atoms with van der Waals surface area (Å²) in [6, 6.07) is 0. The second-order valence-electron chi connectivity index (χ2n) is 2.57. The maximum Gasteiger partial charge on any atom is 0.277 e. The monoisotopic (exact) mass is 165 g/mol. The highest BCUT2D eigenvalue weighted by Crippen LogP contribution is 2.14. The van der Waals surface area contributed by atoms with Crippen LogP contribution in [0.25, 0.3) is 0 Å². The van der Waals surface area contributed by atoms with Gasteiger partial charge < -0.3 is 26.2 Å². The Morgan fingerprint density at radius 2 is 1.73 bits per heavy atom. The van der Waals surface area contributed by atoms with E-state index in [-0.39, 0.29) is 0 Å². The Morgan fingerprint density at radius 1 is 1.36 bits per heavy atom. The maximum atomic E-state index is 10.2. The molecule has 6 nitrogen and oxygen atoms in total. The van der Waals surface area contributed by atoms with Crippen LogP contribution in [0.2, 0.25) is 0 Å².